The van der Waals surface area contributed by atoms with Gasteiger partial charge in [0.15, 0.2) is 11.6 Å². The van der Waals surface area contributed by atoms with Crippen molar-refractivity contribution in [3.05, 3.63) is 35.4 Å². The molecule has 1 saturated carbocycles. The van der Waals surface area contributed by atoms with E-state index in [1.54, 1.807) is 26.1 Å². The van der Waals surface area contributed by atoms with Crippen molar-refractivity contribution in [1.29, 1.82) is 0 Å². The van der Waals surface area contributed by atoms with Crippen LogP contribution in [-0.4, -0.2) is 51.6 Å². The number of nitrogens with one attached hydrogen (secondary N) is 3. The van der Waals surface area contributed by atoms with Crippen LogP contribution in [0.3, 0.4) is 0 Å². The molecule has 0 spiro atoms. The second-order valence-corrected chi connectivity index (χ2v) is 8.30. The number of aliphatic hydroxyl groups is 1. The smallest absolute Gasteiger partial charge is 0.255 e. The van der Waals surface area contributed by atoms with E-state index in [0.29, 0.717) is 22.9 Å². The highest BCUT2D eigenvalue weighted by Crippen LogP contribution is 2.30. The van der Waals surface area contributed by atoms with E-state index in [4.69, 9.17) is 0 Å². The molecule has 0 aromatic carbocycles. The number of aliphatic imine (C=N–C) groups is 1. The molecule has 8 nitrogen and oxygen atoms in total. The number of aryl methyl sites for hydroxylation is 1. The topological polar surface area (TPSA) is 112 Å². The average Bonchev–Trinajstić information content (AvgIpc) is 3.53. The lowest BCUT2D eigenvalue weighted by Gasteiger charge is -2.22. The van der Waals surface area contributed by atoms with Crippen LogP contribution in [0.4, 0.5) is 31.8 Å². The summed E-state index contributed by atoms with van der Waals surface area (Å²) in [5.74, 6) is -0.828. The molecule has 2 aromatic rings. The van der Waals surface area contributed by atoms with E-state index in [1.165, 1.54) is 26.1 Å². The Morgan fingerprint density at radius 3 is 2.75 bits per heavy atom. The SMILES string of the molecule is CC=Nc1cc(F)c(Nc2cc(NC3CC3)c(C(=O)NCC(F)C(C)(C)O)cn2)nc1C. The van der Waals surface area contributed by atoms with Gasteiger partial charge in [0.25, 0.3) is 5.91 Å². The summed E-state index contributed by atoms with van der Waals surface area (Å²) < 4.78 is 28.5. The molecule has 1 aliphatic rings. The molecule has 10 heteroatoms. The number of carbonyl (C=O) groups is 1. The molecule has 0 radical (unpaired) electrons. The van der Waals surface area contributed by atoms with Crippen molar-refractivity contribution < 1.29 is 18.7 Å². The molecule has 2 heterocycles. The minimum absolute atomic E-state index is 0.00919. The summed E-state index contributed by atoms with van der Waals surface area (Å²) in [6.07, 6.45) is 3.20. The Morgan fingerprint density at radius 1 is 1.41 bits per heavy atom. The Morgan fingerprint density at radius 2 is 2.12 bits per heavy atom. The van der Waals surface area contributed by atoms with Crippen LogP contribution in [0.25, 0.3) is 0 Å². The fourth-order valence-electron chi connectivity index (χ4n) is 2.85. The predicted molar refractivity (Wildman–Crippen MR) is 120 cm³/mol. The number of anilines is 3. The summed E-state index contributed by atoms with van der Waals surface area (Å²) in [7, 11) is 0. The molecular weight excluding hydrogens is 418 g/mol. The highest BCUT2D eigenvalue weighted by Gasteiger charge is 2.28. The molecule has 0 aliphatic heterocycles. The number of hydrogen-bond acceptors (Lipinski definition) is 7. The van der Waals surface area contributed by atoms with Crippen molar-refractivity contribution in [3.8, 4) is 0 Å². The van der Waals surface area contributed by atoms with Gasteiger partial charge in [-0.15, -0.1) is 0 Å². The van der Waals surface area contributed by atoms with Gasteiger partial charge in [-0.05, 0) is 40.5 Å². The van der Waals surface area contributed by atoms with Crippen molar-refractivity contribution >= 4 is 35.1 Å². The van der Waals surface area contributed by atoms with Crippen molar-refractivity contribution in [2.24, 2.45) is 4.99 Å². The van der Waals surface area contributed by atoms with E-state index in [2.05, 4.69) is 30.9 Å². The van der Waals surface area contributed by atoms with Gasteiger partial charge in [-0.25, -0.2) is 18.7 Å². The molecule has 2 aromatic heterocycles. The number of carbonyl (C=O) groups excluding carboxylic acids is 1. The third-order valence-corrected chi connectivity index (χ3v) is 4.95. The van der Waals surface area contributed by atoms with Gasteiger partial charge in [-0.3, -0.25) is 9.79 Å². The summed E-state index contributed by atoms with van der Waals surface area (Å²) in [6, 6.07) is 3.10. The van der Waals surface area contributed by atoms with Crippen LogP contribution in [0.1, 0.15) is 49.7 Å². The molecule has 0 saturated heterocycles. The molecule has 1 fully saturated rings. The number of alkyl halides is 1. The van der Waals surface area contributed by atoms with E-state index in [-0.39, 0.29) is 24.0 Å². The molecule has 1 unspecified atom stereocenters. The fraction of sp³-hybridized carbons (Fsp3) is 0.455. The summed E-state index contributed by atoms with van der Waals surface area (Å²) in [4.78, 5) is 25.1. The normalized spacial score (nSPS) is 15.0. The quantitative estimate of drug-likeness (QED) is 0.436. The standard InChI is InChI=1S/C22H28F2N6O2/c1-5-25-16-8-15(23)20(28-12(16)2)30-19-9-17(29-13-6-7-13)14(10-26-19)21(31)27-11-18(24)22(3,4)32/h5,8-10,13,18,32H,6-7,11H2,1-4H3,(H,27,31)(H2,26,28,29,30). The molecular formula is C22H28F2N6O2. The maximum Gasteiger partial charge on any atom is 0.255 e. The monoisotopic (exact) mass is 446 g/mol. The first kappa shape index (κ1) is 23.5. The second kappa shape index (κ2) is 9.56. The van der Waals surface area contributed by atoms with E-state index in [1.807, 2.05) is 0 Å². The highest BCUT2D eigenvalue weighted by molar-refractivity contribution is 6.00. The minimum Gasteiger partial charge on any atom is -0.387 e. The maximum absolute atomic E-state index is 14.5. The summed E-state index contributed by atoms with van der Waals surface area (Å²) in [5.41, 5.74) is 0.130. The first-order valence-electron chi connectivity index (χ1n) is 10.4. The van der Waals surface area contributed by atoms with Crippen molar-refractivity contribution in [2.45, 2.75) is 58.4 Å². The van der Waals surface area contributed by atoms with Crippen LogP contribution >= 0.6 is 0 Å². The van der Waals surface area contributed by atoms with Gasteiger partial charge in [0.05, 0.1) is 34.8 Å². The summed E-state index contributed by atoms with van der Waals surface area (Å²) >= 11 is 0. The molecule has 4 N–H and O–H groups in total. The van der Waals surface area contributed by atoms with Gasteiger partial charge in [0.1, 0.15) is 12.0 Å². The molecule has 0 bridgehead atoms. The Kier molecular flexibility index (Phi) is 7.02. The lowest BCUT2D eigenvalue weighted by molar-refractivity contribution is -0.00177. The first-order valence-corrected chi connectivity index (χ1v) is 10.4. The van der Waals surface area contributed by atoms with Gasteiger partial charge in [-0.1, -0.05) is 0 Å². The Labute approximate surface area is 185 Å². The number of hydrogen-bond donors (Lipinski definition) is 4. The summed E-state index contributed by atoms with van der Waals surface area (Å²) in [6.45, 7) is 5.79. The van der Waals surface area contributed by atoms with Crippen LogP contribution in [0, 0.1) is 12.7 Å². The van der Waals surface area contributed by atoms with Gasteiger partial charge in [0, 0.05) is 30.6 Å². The van der Waals surface area contributed by atoms with Crippen LogP contribution in [-0.2, 0) is 0 Å². The Hall–Kier alpha value is -3.14. The maximum atomic E-state index is 14.5. The Bertz CT molecular complexity index is 1020. The number of pyridine rings is 2. The highest BCUT2D eigenvalue weighted by atomic mass is 19.1. The van der Waals surface area contributed by atoms with Crippen LogP contribution < -0.4 is 16.0 Å². The van der Waals surface area contributed by atoms with Gasteiger partial charge in [0.2, 0.25) is 0 Å². The predicted octanol–water partition coefficient (Wildman–Crippen LogP) is 3.80. The molecule has 3 rings (SSSR count). The van der Waals surface area contributed by atoms with Gasteiger partial charge >= 0.3 is 0 Å². The van der Waals surface area contributed by atoms with Crippen LogP contribution in [0.5, 0.6) is 0 Å². The lowest BCUT2D eigenvalue weighted by Crippen LogP contribution is -2.42. The largest absolute Gasteiger partial charge is 0.387 e. The van der Waals surface area contributed by atoms with Crippen molar-refractivity contribution in [3.63, 3.8) is 0 Å². The van der Waals surface area contributed by atoms with Crippen molar-refractivity contribution in [1.82, 2.24) is 15.3 Å². The minimum atomic E-state index is -1.63. The lowest BCUT2D eigenvalue weighted by atomic mass is 10.0. The molecule has 1 atom stereocenters. The zero-order valence-electron chi connectivity index (χ0n) is 18.5. The number of aromatic nitrogens is 2. The molecule has 1 aliphatic carbocycles. The number of halogens is 2. The molecule has 1 amide bonds. The number of nitrogens with zero attached hydrogens (tertiary/aromatic N) is 3. The third-order valence-electron chi connectivity index (χ3n) is 4.95. The van der Waals surface area contributed by atoms with Gasteiger partial charge in [-0.2, -0.15) is 0 Å². The first-order chi connectivity index (χ1) is 15.1. The van der Waals surface area contributed by atoms with E-state index in [0.717, 1.165) is 12.8 Å². The third kappa shape index (κ3) is 5.97. The van der Waals surface area contributed by atoms with E-state index in [9.17, 15) is 18.7 Å². The number of amides is 1. The average molecular weight is 447 g/mol. The van der Waals surface area contributed by atoms with Crippen molar-refractivity contribution in [2.75, 3.05) is 17.2 Å². The van der Waals surface area contributed by atoms with Crippen LogP contribution in [0.15, 0.2) is 23.3 Å². The van der Waals surface area contributed by atoms with E-state index < -0.39 is 23.5 Å². The molecule has 172 valence electrons. The van der Waals surface area contributed by atoms with Crippen LogP contribution in [0.2, 0.25) is 0 Å². The zero-order valence-corrected chi connectivity index (χ0v) is 18.5. The summed E-state index contributed by atoms with van der Waals surface area (Å²) in [5, 5.41) is 18.3. The zero-order chi connectivity index (χ0) is 23.5. The van der Waals surface area contributed by atoms with Gasteiger partial charge < -0.3 is 21.1 Å². The molecule has 32 heavy (non-hydrogen) atoms. The van der Waals surface area contributed by atoms with E-state index >= 15 is 0 Å². The Balaban J connectivity index is 1.81. The fourth-order valence-corrected chi connectivity index (χ4v) is 2.85. The second-order valence-electron chi connectivity index (χ2n) is 8.30. The number of rotatable bonds is 9.